The van der Waals surface area contributed by atoms with E-state index >= 15 is 0 Å². The van der Waals surface area contributed by atoms with Gasteiger partial charge in [-0.25, -0.2) is 4.39 Å². The lowest BCUT2D eigenvalue weighted by atomic mass is 10.0. The molecule has 5 nitrogen and oxygen atoms in total. The summed E-state index contributed by atoms with van der Waals surface area (Å²) in [5, 5.41) is 3.45. The van der Waals surface area contributed by atoms with E-state index in [0.29, 0.717) is 25.9 Å². The molecule has 2 aromatic carbocycles. The molecule has 3 rings (SSSR count). The number of halogens is 1. The third kappa shape index (κ3) is 4.77. The fourth-order valence-electron chi connectivity index (χ4n) is 3.33. The Bertz CT molecular complexity index is 797. The number of ether oxygens (including phenoxy) is 2. The van der Waals surface area contributed by atoms with Crippen molar-refractivity contribution >= 4 is 5.91 Å². The molecule has 2 aromatic rings. The van der Waals surface area contributed by atoms with Gasteiger partial charge in [0.15, 0.2) is 11.6 Å². The van der Waals surface area contributed by atoms with E-state index in [1.54, 1.807) is 19.2 Å². The third-order valence-electron chi connectivity index (χ3n) is 4.87. The van der Waals surface area contributed by atoms with Gasteiger partial charge in [-0.1, -0.05) is 18.2 Å². The minimum atomic E-state index is -0.400. The number of methoxy groups -OCH3 is 2. The molecule has 1 heterocycles. The Morgan fingerprint density at radius 3 is 2.81 bits per heavy atom. The standard InChI is InChI=1S/C21H25FN2O3/c1-26-17-5-3-4-16(13-17)19-14-24(11-10-23-19)21(25)9-7-15-6-8-20(27-2)18(22)12-15/h3-6,8,12-13,19,23H,7,9-11,14H2,1-2H3. The van der Waals surface area contributed by atoms with Crippen molar-refractivity contribution in [3.8, 4) is 11.5 Å². The molecule has 0 aromatic heterocycles. The maximum atomic E-state index is 13.8. The molecule has 0 spiro atoms. The minimum absolute atomic E-state index is 0.0798. The molecule has 1 aliphatic rings. The van der Waals surface area contributed by atoms with Crippen molar-refractivity contribution in [2.45, 2.75) is 18.9 Å². The van der Waals surface area contributed by atoms with Crippen LogP contribution in [0, 0.1) is 5.82 Å². The van der Waals surface area contributed by atoms with Crippen LogP contribution in [0.15, 0.2) is 42.5 Å². The summed E-state index contributed by atoms with van der Waals surface area (Å²) in [5.74, 6) is 0.705. The predicted octanol–water partition coefficient (Wildman–Crippen LogP) is 2.95. The highest BCUT2D eigenvalue weighted by atomic mass is 19.1. The molecule has 0 radical (unpaired) electrons. The Hall–Kier alpha value is -2.60. The number of amides is 1. The molecule has 0 aliphatic carbocycles. The number of nitrogens with one attached hydrogen (secondary N) is 1. The van der Waals surface area contributed by atoms with E-state index in [4.69, 9.17) is 9.47 Å². The summed E-state index contributed by atoms with van der Waals surface area (Å²) in [7, 11) is 3.08. The zero-order chi connectivity index (χ0) is 19.2. The molecule has 1 unspecified atom stereocenters. The number of hydrogen-bond acceptors (Lipinski definition) is 4. The summed E-state index contributed by atoms with van der Waals surface area (Å²) in [6.07, 6.45) is 0.865. The molecule has 1 saturated heterocycles. The summed E-state index contributed by atoms with van der Waals surface area (Å²) in [5.41, 5.74) is 1.89. The van der Waals surface area contributed by atoms with E-state index in [0.717, 1.165) is 23.4 Å². The molecule has 0 saturated carbocycles. The van der Waals surface area contributed by atoms with Gasteiger partial charge in [0.25, 0.3) is 0 Å². The van der Waals surface area contributed by atoms with Crippen LogP contribution >= 0.6 is 0 Å². The van der Waals surface area contributed by atoms with Gasteiger partial charge < -0.3 is 19.7 Å². The monoisotopic (exact) mass is 372 g/mol. The number of rotatable bonds is 6. The Morgan fingerprint density at radius 2 is 2.07 bits per heavy atom. The summed E-state index contributed by atoms with van der Waals surface area (Å²) in [6.45, 7) is 2.03. The highest BCUT2D eigenvalue weighted by Gasteiger charge is 2.24. The van der Waals surface area contributed by atoms with E-state index in [2.05, 4.69) is 5.32 Å². The summed E-state index contributed by atoms with van der Waals surface area (Å²) in [4.78, 5) is 14.5. The molecule has 1 N–H and O–H groups in total. The first-order valence-electron chi connectivity index (χ1n) is 9.08. The molecule has 0 bridgehead atoms. The first-order chi connectivity index (χ1) is 13.1. The van der Waals surface area contributed by atoms with Crippen LogP contribution in [-0.4, -0.2) is 44.7 Å². The second-order valence-electron chi connectivity index (χ2n) is 6.59. The van der Waals surface area contributed by atoms with Crippen LogP contribution in [0.4, 0.5) is 4.39 Å². The zero-order valence-corrected chi connectivity index (χ0v) is 15.7. The number of nitrogens with zero attached hydrogens (tertiary/aromatic N) is 1. The molecule has 6 heteroatoms. The van der Waals surface area contributed by atoms with Crippen molar-refractivity contribution in [2.24, 2.45) is 0 Å². The van der Waals surface area contributed by atoms with Crippen molar-refractivity contribution < 1.29 is 18.7 Å². The van der Waals surface area contributed by atoms with Gasteiger partial charge in [-0.3, -0.25) is 4.79 Å². The van der Waals surface area contributed by atoms with Crippen molar-refractivity contribution in [2.75, 3.05) is 33.9 Å². The number of carbonyl (C=O) groups is 1. The quantitative estimate of drug-likeness (QED) is 0.847. The smallest absolute Gasteiger partial charge is 0.223 e. The second kappa shape index (κ2) is 8.86. The van der Waals surface area contributed by atoms with Crippen LogP contribution in [0.25, 0.3) is 0 Å². The predicted molar refractivity (Wildman–Crippen MR) is 102 cm³/mol. The molecule has 1 fully saturated rings. The van der Waals surface area contributed by atoms with Crippen LogP contribution in [0.1, 0.15) is 23.6 Å². The number of piperazine rings is 1. The van der Waals surface area contributed by atoms with Gasteiger partial charge in [0.2, 0.25) is 5.91 Å². The van der Waals surface area contributed by atoms with E-state index in [1.165, 1.54) is 13.2 Å². The molecular weight excluding hydrogens is 347 g/mol. The fraction of sp³-hybridized carbons (Fsp3) is 0.381. The highest BCUT2D eigenvalue weighted by Crippen LogP contribution is 2.23. The molecule has 1 aliphatic heterocycles. The van der Waals surface area contributed by atoms with Gasteiger partial charge in [-0.2, -0.15) is 0 Å². The molecule has 1 amide bonds. The number of aryl methyl sites for hydroxylation is 1. The zero-order valence-electron chi connectivity index (χ0n) is 15.7. The van der Waals surface area contributed by atoms with Gasteiger partial charge in [0.05, 0.1) is 20.3 Å². The van der Waals surface area contributed by atoms with Gasteiger partial charge in [0.1, 0.15) is 5.75 Å². The third-order valence-corrected chi connectivity index (χ3v) is 4.87. The van der Waals surface area contributed by atoms with Gasteiger partial charge >= 0.3 is 0 Å². The topological polar surface area (TPSA) is 50.8 Å². The SMILES string of the molecule is COc1cccc(C2CN(C(=O)CCc3ccc(OC)c(F)c3)CCN2)c1. The van der Waals surface area contributed by atoms with E-state index in [1.807, 2.05) is 29.2 Å². The Labute approximate surface area is 159 Å². The molecule has 144 valence electrons. The minimum Gasteiger partial charge on any atom is -0.497 e. The van der Waals surface area contributed by atoms with Gasteiger partial charge in [0, 0.05) is 26.1 Å². The lowest BCUT2D eigenvalue weighted by molar-refractivity contribution is -0.132. The summed E-state index contributed by atoms with van der Waals surface area (Å²) in [6, 6.07) is 12.8. The first kappa shape index (κ1) is 19.2. The maximum absolute atomic E-state index is 13.8. The lowest BCUT2D eigenvalue weighted by Crippen LogP contribution is -2.48. The van der Waals surface area contributed by atoms with Crippen molar-refractivity contribution in [3.05, 3.63) is 59.4 Å². The van der Waals surface area contributed by atoms with Crippen molar-refractivity contribution in [1.29, 1.82) is 0 Å². The van der Waals surface area contributed by atoms with E-state index in [9.17, 15) is 9.18 Å². The van der Waals surface area contributed by atoms with Gasteiger partial charge in [-0.05, 0) is 41.8 Å². The average molecular weight is 372 g/mol. The Balaban J connectivity index is 1.58. The summed E-state index contributed by atoms with van der Waals surface area (Å²) >= 11 is 0. The number of hydrogen-bond donors (Lipinski definition) is 1. The second-order valence-corrected chi connectivity index (χ2v) is 6.59. The fourth-order valence-corrected chi connectivity index (χ4v) is 3.33. The normalized spacial score (nSPS) is 16.9. The maximum Gasteiger partial charge on any atom is 0.223 e. The van der Waals surface area contributed by atoms with Crippen LogP contribution in [0.3, 0.4) is 0 Å². The van der Waals surface area contributed by atoms with Crippen molar-refractivity contribution in [1.82, 2.24) is 10.2 Å². The molecular formula is C21H25FN2O3. The lowest BCUT2D eigenvalue weighted by Gasteiger charge is -2.34. The Morgan fingerprint density at radius 1 is 1.22 bits per heavy atom. The molecule has 1 atom stereocenters. The largest absolute Gasteiger partial charge is 0.497 e. The van der Waals surface area contributed by atoms with Crippen LogP contribution < -0.4 is 14.8 Å². The first-order valence-corrected chi connectivity index (χ1v) is 9.08. The number of carbonyl (C=O) groups excluding carboxylic acids is 1. The molecule has 27 heavy (non-hydrogen) atoms. The highest BCUT2D eigenvalue weighted by molar-refractivity contribution is 5.76. The van der Waals surface area contributed by atoms with Gasteiger partial charge in [-0.15, -0.1) is 0 Å². The van der Waals surface area contributed by atoms with E-state index < -0.39 is 5.82 Å². The average Bonchev–Trinajstić information content (AvgIpc) is 2.72. The number of benzene rings is 2. The van der Waals surface area contributed by atoms with Crippen LogP contribution in [0.2, 0.25) is 0 Å². The van der Waals surface area contributed by atoms with Crippen LogP contribution in [-0.2, 0) is 11.2 Å². The van der Waals surface area contributed by atoms with Crippen LogP contribution in [0.5, 0.6) is 11.5 Å². The van der Waals surface area contributed by atoms with Crippen molar-refractivity contribution in [3.63, 3.8) is 0 Å². The Kier molecular flexibility index (Phi) is 6.29. The summed E-state index contributed by atoms with van der Waals surface area (Å²) < 4.78 is 24.0. The van der Waals surface area contributed by atoms with E-state index in [-0.39, 0.29) is 17.7 Å².